The van der Waals surface area contributed by atoms with E-state index in [2.05, 4.69) is 10.3 Å². The van der Waals surface area contributed by atoms with E-state index in [4.69, 9.17) is 4.74 Å². The zero-order valence-electron chi connectivity index (χ0n) is 15.6. The van der Waals surface area contributed by atoms with Crippen LogP contribution in [-0.2, 0) is 23.1 Å². The number of methoxy groups -OCH3 is 1. The molecule has 1 aliphatic heterocycles. The number of imidazole rings is 1. The summed E-state index contributed by atoms with van der Waals surface area (Å²) in [5.41, 5.74) is 1.56. The summed E-state index contributed by atoms with van der Waals surface area (Å²) in [6, 6.07) is 7.29. The van der Waals surface area contributed by atoms with Crippen LogP contribution in [0.1, 0.15) is 31.4 Å². The van der Waals surface area contributed by atoms with Crippen LogP contribution in [0.2, 0.25) is 0 Å². The van der Waals surface area contributed by atoms with E-state index in [-0.39, 0.29) is 17.9 Å². The van der Waals surface area contributed by atoms with Gasteiger partial charge in [0.15, 0.2) is 5.82 Å². The summed E-state index contributed by atoms with van der Waals surface area (Å²) in [6.45, 7) is 0. The van der Waals surface area contributed by atoms with Crippen LogP contribution in [-0.4, -0.2) is 34.5 Å². The number of hydrogen-bond donors (Lipinski definition) is 1. The van der Waals surface area contributed by atoms with Gasteiger partial charge < -0.3 is 14.6 Å². The second kappa shape index (κ2) is 7.06. The van der Waals surface area contributed by atoms with E-state index >= 15 is 0 Å². The second-order valence-electron chi connectivity index (χ2n) is 7.25. The predicted octanol–water partition coefficient (Wildman–Crippen LogP) is 2.52. The van der Waals surface area contributed by atoms with E-state index < -0.39 is 5.92 Å². The minimum absolute atomic E-state index is 0.138. The van der Waals surface area contributed by atoms with Crippen molar-refractivity contribution in [1.82, 2.24) is 9.55 Å². The lowest BCUT2D eigenvalue weighted by Gasteiger charge is -2.35. The molecule has 2 amide bonds. The quantitative estimate of drug-likeness (QED) is 0.842. The molecule has 1 aromatic carbocycles. The van der Waals surface area contributed by atoms with Crippen molar-refractivity contribution in [2.24, 2.45) is 13.0 Å². The molecule has 1 N–H and O–H groups in total. The molecule has 2 heterocycles. The first-order valence-corrected chi connectivity index (χ1v) is 9.36. The number of rotatable bonds is 4. The highest BCUT2D eigenvalue weighted by Crippen LogP contribution is 2.36. The summed E-state index contributed by atoms with van der Waals surface area (Å²) in [5, 5.41) is 2.87. The first-order valence-electron chi connectivity index (χ1n) is 9.36. The molecule has 0 bridgehead atoms. The number of fused-ring (bicyclic) bond motifs is 1. The molecule has 27 heavy (non-hydrogen) atoms. The van der Waals surface area contributed by atoms with Crippen LogP contribution in [0.15, 0.2) is 30.6 Å². The Bertz CT molecular complexity index is 870. The molecule has 1 saturated carbocycles. The lowest BCUT2D eigenvalue weighted by atomic mass is 9.94. The summed E-state index contributed by atoms with van der Waals surface area (Å²) in [7, 11) is 3.49. The van der Waals surface area contributed by atoms with Gasteiger partial charge in [0.05, 0.1) is 19.1 Å². The van der Waals surface area contributed by atoms with Crippen molar-refractivity contribution in [3.8, 4) is 5.75 Å². The average molecular weight is 368 g/mol. The van der Waals surface area contributed by atoms with Crippen LogP contribution in [0.5, 0.6) is 5.75 Å². The number of anilines is 2. The fourth-order valence-corrected chi connectivity index (χ4v) is 4.08. The number of hydrogen-bond acceptors (Lipinski definition) is 4. The number of carbonyl (C=O) groups is 2. The second-order valence-corrected chi connectivity index (χ2v) is 7.25. The third kappa shape index (κ3) is 3.18. The number of carbonyl (C=O) groups excluding carboxylic acids is 2. The highest BCUT2D eigenvalue weighted by atomic mass is 16.5. The molecule has 0 radical (unpaired) electrons. The summed E-state index contributed by atoms with van der Waals surface area (Å²) in [4.78, 5) is 32.4. The molecule has 1 fully saturated rings. The minimum atomic E-state index is -0.750. The van der Waals surface area contributed by atoms with E-state index in [1.54, 1.807) is 36.5 Å². The number of nitrogens with zero attached hydrogens (tertiary/aromatic N) is 3. The van der Waals surface area contributed by atoms with Gasteiger partial charge >= 0.3 is 0 Å². The molecule has 1 atom stereocenters. The minimum Gasteiger partial charge on any atom is -0.497 e. The fraction of sp³-hybridized carbons (Fsp3) is 0.450. The Kier molecular flexibility index (Phi) is 4.59. The van der Waals surface area contributed by atoms with Gasteiger partial charge in [-0.15, -0.1) is 0 Å². The molecule has 7 heteroatoms. The molecule has 0 unspecified atom stereocenters. The molecule has 0 spiro atoms. The highest BCUT2D eigenvalue weighted by Gasteiger charge is 2.43. The maximum atomic E-state index is 13.2. The summed E-state index contributed by atoms with van der Waals surface area (Å²) in [6.07, 6.45) is 6.23. The van der Waals surface area contributed by atoms with E-state index in [1.807, 2.05) is 17.7 Å². The van der Waals surface area contributed by atoms with Crippen molar-refractivity contribution in [3.63, 3.8) is 0 Å². The monoisotopic (exact) mass is 368 g/mol. The lowest BCUT2D eigenvalue weighted by Crippen LogP contribution is -2.50. The Morgan fingerprint density at radius 2 is 2.07 bits per heavy atom. The Morgan fingerprint density at radius 1 is 1.30 bits per heavy atom. The highest BCUT2D eigenvalue weighted by molar-refractivity contribution is 6.13. The normalized spacial score (nSPS) is 19.9. The summed E-state index contributed by atoms with van der Waals surface area (Å²) < 4.78 is 7.11. The van der Waals surface area contributed by atoms with E-state index in [9.17, 15) is 9.59 Å². The van der Waals surface area contributed by atoms with Gasteiger partial charge in [-0.25, -0.2) is 4.98 Å². The Morgan fingerprint density at radius 3 is 2.81 bits per heavy atom. The van der Waals surface area contributed by atoms with Crippen molar-refractivity contribution in [2.75, 3.05) is 17.3 Å². The standard InChI is InChI=1S/C20H24N4O3/c1-23-12-21-18-17(23)11-16(20(26)24(18)14-7-3-4-8-14)19(25)22-13-6-5-9-15(10-13)27-2/h5-6,9-10,12,14,16H,3-4,7-8,11H2,1-2H3,(H,22,25)/t16-/m0/s1. The molecule has 1 aliphatic carbocycles. The first kappa shape index (κ1) is 17.6. The molecular formula is C20H24N4O3. The molecular weight excluding hydrogens is 344 g/mol. The van der Waals surface area contributed by atoms with Gasteiger partial charge in [0.2, 0.25) is 11.8 Å². The van der Waals surface area contributed by atoms with E-state index in [0.29, 0.717) is 17.9 Å². The Labute approximate surface area is 158 Å². The van der Waals surface area contributed by atoms with Crippen molar-refractivity contribution in [1.29, 1.82) is 0 Å². The molecule has 1 aromatic heterocycles. The number of aromatic nitrogens is 2. The number of benzene rings is 1. The van der Waals surface area contributed by atoms with Crippen LogP contribution >= 0.6 is 0 Å². The van der Waals surface area contributed by atoms with Gasteiger partial charge in [-0.1, -0.05) is 18.9 Å². The average Bonchev–Trinajstić information content (AvgIpc) is 3.32. The molecule has 2 aliphatic rings. The van der Waals surface area contributed by atoms with Gasteiger partial charge in [0, 0.05) is 31.3 Å². The maximum Gasteiger partial charge on any atom is 0.241 e. The summed E-state index contributed by atoms with van der Waals surface area (Å²) in [5.74, 6) is 0.195. The number of amides is 2. The topological polar surface area (TPSA) is 76.5 Å². The van der Waals surface area contributed by atoms with Crippen LogP contribution in [0.4, 0.5) is 11.5 Å². The number of aryl methyl sites for hydroxylation is 1. The van der Waals surface area contributed by atoms with Crippen LogP contribution in [0, 0.1) is 5.92 Å². The largest absolute Gasteiger partial charge is 0.497 e. The van der Waals surface area contributed by atoms with Gasteiger partial charge in [-0.05, 0) is 25.0 Å². The van der Waals surface area contributed by atoms with E-state index in [0.717, 1.165) is 37.2 Å². The van der Waals surface area contributed by atoms with Crippen molar-refractivity contribution in [2.45, 2.75) is 38.1 Å². The third-order valence-electron chi connectivity index (χ3n) is 5.54. The Hall–Kier alpha value is -2.83. The Balaban J connectivity index is 1.61. The van der Waals surface area contributed by atoms with Crippen molar-refractivity contribution >= 4 is 23.3 Å². The van der Waals surface area contributed by atoms with Crippen LogP contribution < -0.4 is 15.0 Å². The number of ether oxygens (including phenoxy) is 1. The van der Waals surface area contributed by atoms with Gasteiger partial charge in [0.1, 0.15) is 11.7 Å². The van der Waals surface area contributed by atoms with Crippen LogP contribution in [0.3, 0.4) is 0 Å². The summed E-state index contributed by atoms with van der Waals surface area (Å²) >= 11 is 0. The molecule has 142 valence electrons. The van der Waals surface area contributed by atoms with Gasteiger partial charge in [0.25, 0.3) is 0 Å². The molecule has 4 rings (SSSR count). The maximum absolute atomic E-state index is 13.2. The zero-order valence-corrected chi connectivity index (χ0v) is 15.6. The smallest absolute Gasteiger partial charge is 0.241 e. The fourth-order valence-electron chi connectivity index (χ4n) is 4.08. The van der Waals surface area contributed by atoms with Gasteiger partial charge in [-0.3, -0.25) is 14.5 Å². The van der Waals surface area contributed by atoms with Crippen molar-refractivity contribution in [3.05, 3.63) is 36.3 Å². The van der Waals surface area contributed by atoms with Gasteiger partial charge in [-0.2, -0.15) is 0 Å². The first-order chi connectivity index (χ1) is 13.1. The predicted molar refractivity (Wildman–Crippen MR) is 102 cm³/mol. The SMILES string of the molecule is COc1cccc(NC(=O)[C@@H]2Cc3c(ncn3C)N(C3CCCC3)C2=O)c1. The van der Waals surface area contributed by atoms with Crippen molar-refractivity contribution < 1.29 is 14.3 Å². The third-order valence-corrected chi connectivity index (χ3v) is 5.54. The lowest BCUT2D eigenvalue weighted by molar-refractivity contribution is -0.131. The molecule has 0 saturated heterocycles. The molecule has 7 nitrogen and oxygen atoms in total. The zero-order chi connectivity index (χ0) is 19.0. The van der Waals surface area contributed by atoms with E-state index in [1.165, 1.54) is 0 Å². The number of nitrogens with one attached hydrogen (secondary N) is 1. The van der Waals surface area contributed by atoms with Crippen LogP contribution in [0.25, 0.3) is 0 Å². The molecule has 2 aromatic rings.